The van der Waals surface area contributed by atoms with Gasteiger partial charge in [-0.15, -0.1) is 0 Å². The molecule has 4 nitrogen and oxygen atoms in total. The third-order valence-corrected chi connectivity index (χ3v) is 3.35. The van der Waals surface area contributed by atoms with Crippen LogP contribution in [0, 0.1) is 10.1 Å². The minimum atomic E-state index is -4.85. The normalized spacial score (nSPS) is 13.2. The number of hydrogen-bond acceptors (Lipinski definition) is 3. The van der Waals surface area contributed by atoms with E-state index in [2.05, 4.69) is 15.9 Å². The molecule has 8 heteroatoms. The second-order valence-corrected chi connectivity index (χ2v) is 4.42. The minimum absolute atomic E-state index is 0.0282. The second-order valence-electron chi connectivity index (χ2n) is 3.50. The highest BCUT2D eigenvalue weighted by atomic mass is 79.9. The highest BCUT2D eigenvalue weighted by Crippen LogP contribution is 2.38. The van der Waals surface area contributed by atoms with Crippen LogP contribution < -0.4 is 0 Å². The molecular weight excluding hydrogens is 319 g/mol. The lowest BCUT2D eigenvalue weighted by molar-refractivity contribution is -0.388. The zero-order valence-electron chi connectivity index (χ0n) is 8.99. The fraction of sp³-hybridized carbons (Fsp3) is 0.300. The summed E-state index contributed by atoms with van der Waals surface area (Å²) in [6.07, 6.45) is -4.85. The van der Waals surface area contributed by atoms with Gasteiger partial charge in [0.25, 0.3) is 5.69 Å². The van der Waals surface area contributed by atoms with Crippen molar-refractivity contribution in [3.05, 3.63) is 39.4 Å². The van der Waals surface area contributed by atoms with Gasteiger partial charge in [0.1, 0.15) is 11.3 Å². The number of nitrogens with zero attached hydrogens (tertiary/aromatic N) is 1. The molecule has 1 aromatic carbocycles. The van der Waals surface area contributed by atoms with Gasteiger partial charge in [-0.3, -0.25) is 14.9 Å². The number of nitro benzene ring substituents is 1. The van der Waals surface area contributed by atoms with Gasteiger partial charge in [0.05, 0.1) is 9.75 Å². The van der Waals surface area contributed by atoms with E-state index in [0.29, 0.717) is 6.07 Å². The number of hydrogen-bond donors (Lipinski definition) is 0. The fourth-order valence-electron chi connectivity index (χ4n) is 1.33. The zero-order chi connectivity index (χ0) is 14.1. The fourth-order valence-corrected chi connectivity index (χ4v) is 1.62. The molecule has 0 fully saturated rings. The first-order chi connectivity index (χ1) is 8.14. The molecule has 0 bridgehead atoms. The quantitative estimate of drug-likeness (QED) is 0.484. The van der Waals surface area contributed by atoms with Gasteiger partial charge in [-0.1, -0.05) is 22.0 Å². The first-order valence-corrected chi connectivity index (χ1v) is 5.56. The summed E-state index contributed by atoms with van der Waals surface area (Å²) in [5.74, 6) is -0.392. The molecule has 0 amide bonds. The van der Waals surface area contributed by atoms with E-state index in [1.807, 2.05) is 0 Å². The smallest absolute Gasteiger partial charge is 0.298 e. The van der Waals surface area contributed by atoms with Gasteiger partial charge < -0.3 is 0 Å². The number of ketones is 1. The van der Waals surface area contributed by atoms with E-state index in [4.69, 9.17) is 0 Å². The first kappa shape index (κ1) is 14.6. The van der Waals surface area contributed by atoms with Crippen LogP contribution in [0.15, 0.2) is 18.2 Å². The predicted molar refractivity (Wildman–Crippen MR) is 60.4 cm³/mol. The Morgan fingerprint density at radius 1 is 1.44 bits per heavy atom. The third-order valence-electron chi connectivity index (χ3n) is 2.17. The molecule has 98 valence electrons. The average Bonchev–Trinajstić information content (AvgIpc) is 2.25. The third kappa shape index (κ3) is 3.06. The van der Waals surface area contributed by atoms with Crippen molar-refractivity contribution in [3.63, 3.8) is 0 Å². The van der Waals surface area contributed by atoms with Crippen molar-refractivity contribution in [3.8, 4) is 0 Å². The lowest BCUT2D eigenvalue weighted by Crippen LogP contribution is -2.11. The number of rotatable bonds is 3. The van der Waals surface area contributed by atoms with Crippen molar-refractivity contribution in [2.75, 3.05) is 0 Å². The van der Waals surface area contributed by atoms with Crippen LogP contribution in [0.3, 0.4) is 0 Å². The van der Waals surface area contributed by atoms with Crippen LogP contribution in [0.5, 0.6) is 0 Å². The molecule has 0 saturated carbocycles. The number of halogens is 4. The van der Waals surface area contributed by atoms with Crippen molar-refractivity contribution in [2.24, 2.45) is 0 Å². The molecule has 18 heavy (non-hydrogen) atoms. The van der Waals surface area contributed by atoms with E-state index in [0.717, 1.165) is 12.1 Å². The molecule has 0 N–H and O–H groups in total. The summed E-state index contributed by atoms with van der Waals surface area (Å²) < 4.78 is 37.9. The Hall–Kier alpha value is -1.44. The molecule has 1 atom stereocenters. The van der Waals surface area contributed by atoms with Crippen molar-refractivity contribution in [2.45, 2.75) is 17.9 Å². The number of alkyl halides is 4. The SMILES string of the molecule is CC(=O)C(Br)c1ccc([N+](=O)[O-])c(C(F)(F)F)c1. The Morgan fingerprint density at radius 2 is 2.00 bits per heavy atom. The van der Waals surface area contributed by atoms with Crippen LogP contribution in [-0.2, 0) is 11.0 Å². The molecule has 0 saturated heterocycles. The van der Waals surface area contributed by atoms with E-state index >= 15 is 0 Å². The summed E-state index contributed by atoms with van der Waals surface area (Å²) in [4.78, 5) is 19.5. The molecule has 0 aliphatic rings. The summed E-state index contributed by atoms with van der Waals surface area (Å²) in [7, 11) is 0. The average molecular weight is 326 g/mol. The van der Waals surface area contributed by atoms with Crippen LogP contribution >= 0.6 is 15.9 Å². The van der Waals surface area contributed by atoms with Crippen LogP contribution in [0.1, 0.15) is 22.9 Å². The van der Waals surface area contributed by atoms with Gasteiger partial charge in [0.15, 0.2) is 0 Å². The molecule has 0 heterocycles. The topological polar surface area (TPSA) is 60.2 Å². The highest BCUT2D eigenvalue weighted by Gasteiger charge is 2.38. The Labute approximate surface area is 108 Å². The zero-order valence-corrected chi connectivity index (χ0v) is 10.6. The maximum atomic E-state index is 12.6. The van der Waals surface area contributed by atoms with Crippen LogP contribution in [0.2, 0.25) is 0 Å². The molecule has 1 unspecified atom stereocenters. The molecule has 0 radical (unpaired) electrons. The standard InChI is InChI=1S/C10H7BrF3NO3/c1-5(16)9(11)6-2-3-8(15(17)18)7(4-6)10(12,13)14/h2-4,9H,1H3. The van der Waals surface area contributed by atoms with Gasteiger partial charge in [0, 0.05) is 6.07 Å². The molecule has 0 spiro atoms. The lowest BCUT2D eigenvalue weighted by atomic mass is 10.0. The van der Waals surface area contributed by atoms with E-state index in [1.165, 1.54) is 6.92 Å². The number of Topliss-reactive ketones (excluding diaryl/α,β-unsaturated/α-hetero) is 1. The van der Waals surface area contributed by atoms with Crippen molar-refractivity contribution in [1.29, 1.82) is 0 Å². The molecule has 0 aromatic heterocycles. The van der Waals surface area contributed by atoms with Crippen molar-refractivity contribution in [1.82, 2.24) is 0 Å². The van der Waals surface area contributed by atoms with Gasteiger partial charge in [-0.05, 0) is 18.6 Å². The van der Waals surface area contributed by atoms with E-state index in [9.17, 15) is 28.1 Å². The summed E-state index contributed by atoms with van der Waals surface area (Å²) in [5.41, 5.74) is -2.37. The first-order valence-electron chi connectivity index (χ1n) is 4.64. The van der Waals surface area contributed by atoms with E-state index in [-0.39, 0.29) is 5.56 Å². The number of carbonyl (C=O) groups excluding carboxylic acids is 1. The maximum Gasteiger partial charge on any atom is 0.423 e. The molecule has 0 aliphatic heterocycles. The van der Waals surface area contributed by atoms with E-state index in [1.54, 1.807) is 0 Å². The van der Waals surface area contributed by atoms with Crippen LogP contribution in [0.25, 0.3) is 0 Å². The van der Waals surface area contributed by atoms with Gasteiger partial charge >= 0.3 is 6.18 Å². The van der Waals surface area contributed by atoms with Crippen LogP contribution in [0.4, 0.5) is 18.9 Å². The van der Waals surface area contributed by atoms with Gasteiger partial charge in [-0.2, -0.15) is 13.2 Å². The summed E-state index contributed by atoms with van der Waals surface area (Å²) in [6, 6.07) is 2.47. The summed E-state index contributed by atoms with van der Waals surface area (Å²) in [6.45, 7) is 1.20. The van der Waals surface area contributed by atoms with Gasteiger partial charge in [-0.25, -0.2) is 0 Å². The monoisotopic (exact) mass is 325 g/mol. The van der Waals surface area contributed by atoms with Crippen molar-refractivity contribution >= 4 is 27.4 Å². The molecular formula is C10H7BrF3NO3. The predicted octanol–water partition coefficient (Wildman–Crippen LogP) is 3.64. The number of carbonyl (C=O) groups is 1. The molecule has 1 aromatic rings. The maximum absolute atomic E-state index is 12.6. The largest absolute Gasteiger partial charge is 0.423 e. The second kappa shape index (κ2) is 5.05. The summed E-state index contributed by atoms with van der Waals surface area (Å²) in [5, 5.41) is 10.5. The minimum Gasteiger partial charge on any atom is -0.298 e. The summed E-state index contributed by atoms with van der Waals surface area (Å²) >= 11 is 2.93. The molecule has 1 rings (SSSR count). The Morgan fingerprint density at radius 3 is 2.39 bits per heavy atom. The number of nitro groups is 1. The Kier molecular flexibility index (Phi) is 4.10. The van der Waals surface area contributed by atoms with E-state index < -0.39 is 33.0 Å². The lowest BCUT2D eigenvalue weighted by Gasteiger charge is -2.11. The highest BCUT2D eigenvalue weighted by molar-refractivity contribution is 9.09. The van der Waals surface area contributed by atoms with Crippen molar-refractivity contribution < 1.29 is 22.9 Å². The number of benzene rings is 1. The Bertz CT molecular complexity index is 502. The Balaban J connectivity index is 3.39. The molecule has 0 aliphatic carbocycles. The van der Waals surface area contributed by atoms with Gasteiger partial charge in [0.2, 0.25) is 0 Å². The van der Waals surface area contributed by atoms with Crippen LogP contribution in [-0.4, -0.2) is 10.7 Å².